The van der Waals surface area contributed by atoms with Crippen molar-refractivity contribution < 1.29 is 23.1 Å². The Hall–Kier alpha value is -2.58. The van der Waals surface area contributed by atoms with Crippen molar-refractivity contribution in [1.29, 1.82) is 0 Å². The number of hydrogen-bond donors (Lipinski definition) is 1. The molecule has 0 spiro atoms. The summed E-state index contributed by atoms with van der Waals surface area (Å²) in [5.74, 6) is -1.78. The van der Waals surface area contributed by atoms with Gasteiger partial charge in [0.1, 0.15) is 0 Å². The second-order valence-electron chi connectivity index (χ2n) is 4.41. The fraction of sp³-hybridized carbons (Fsp3) is 0.250. The van der Waals surface area contributed by atoms with Gasteiger partial charge in [0.25, 0.3) is 0 Å². The van der Waals surface area contributed by atoms with E-state index in [0.717, 1.165) is 5.69 Å². The van der Waals surface area contributed by atoms with Crippen LogP contribution in [0.2, 0.25) is 0 Å². The zero-order valence-electron chi connectivity index (χ0n) is 11.1. The second kappa shape index (κ2) is 5.08. The Balaban J connectivity index is 2.56. The van der Waals surface area contributed by atoms with E-state index in [1.807, 2.05) is 0 Å². The van der Waals surface area contributed by atoms with Gasteiger partial charge in [-0.05, 0) is 24.3 Å². The van der Waals surface area contributed by atoms with Crippen LogP contribution in [-0.2, 0) is 6.18 Å². The van der Waals surface area contributed by atoms with E-state index in [9.17, 15) is 18.0 Å². The Morgan fingerprint density at radius 2 is 1.81 bits per heavy atom. The number of carboxylic acid groups (broad SMARTS) is 1. The third kappa shape index (κ3) is 2.81. The number of benzene rings is 1. The summed E-state index contributed by atoms with van der Waals surface area (Å²) < 4.78 is 39.5. The Morgan fingerprint density at radius 3 is 2.24 bits per heavy atom. The van der Waals surface area contributed by atoms with Gasteiger partial charge in [0.2, 0.25) is 5.69 Å². The maximum Gasteiger partial charge on any atom is 0.436 e. The zero-order valence-corrected chi connectivity index (χ0v) is 11.1. The topological polar surface area (TPSA) is 71.2 Å². The summed E-state index contributed by atoms with van der Waals surface area (Å²) in [6.45, 7) is 0. The number of aromatic carboxylic acids is 1. The molecule has 21 heavy (non-hydrogen) atoms. The number of nitrogens with zero attached hydrogens (tertiary/aromatic N) is 4. The maximum absolute atomic E-state index is 13.0. The van der Waals surface area contributed by atoms with E-state index in [0.29, 0.717) is 4.68 Å². The first-order valence-electron chi connectivity index (χ1n) is 5.75. The van der Waals surface area contributed by atoms with Crippen molar-refractivity contribution in [3.63, 3.8) is 0 Å². The molecule has 0 unspecified atom stereocenters. The molecule has 2 aromatic rings. The van der Waals surface area contributed by atoms with Crippen LogP contribution in [0.5, 0.6) is 0 Å². The average molecular weight is 300 g/mol. The third-order valence-electron chi connectivity index (χ3n) is 2.75. The summed E-state index contributed by atoms with van der Waals surface area (Å²) in [6.07, 6.45) is -4.88. The predicted molar refractivity (Wildman–Crippen MR) is 67.6 cm³/mol. The Bertz CT molecular complexity index is 662. The SMILES string of the molecule is CN(C)c1ccc(-n2nnc(C(=O)O)c2C(F)(F)F)cc1. The summed E-state index contributed by atoms with van der Waals surface area (Å²) >= 11 is 0. The molecule has 1 aromatic heterocycles. The minimum absolute atomic E-state index is 0.0768. The van der Waals surface area contributed by atoms with Crippen LogP contribution < -0.4 is 4.90 Å². The molecule has 1 aromatic carbocycles. The molecule has 1 heterocycles. The molecule has 9 heteroatoms. The van der Waals surface area contributed by atoms with E-state index >= 15 is 0 Å². The predicted octanol–water partition coefficient (Wildman–Crippen LogP) is 2.05. The van der Waals surface area contributed by atoms with Gasteiger partial charge in [-0.1, -0.05) is 5.21 Å². The Kier molecular flexibility index (Phi) is 3.58. The molecule has 0 saturated carbocycles. The molecule has 0 aliphatic carbocycles. The van der Waals surface area contributed by atoms with Crippen LogP contribution in [0.25, 0.3) is 5.69 Å². The molecule has 0 aliphatic heterocycles. The molecule has 0 amide bonds. The third-order valence-corrected chi connectivity index (χ3v) is 2.75. The quantitative estimate of drug-likeness (QED) is 0.939. The summed E-state index contributed by atoms with van der Waals surface area (Å²) in [5.41, 5.74) is -1.68. The molecule has 112 valence electrons. The Morgan fingerprint density at radius 1 is 1.24 bits per heavy atom. The zero-order chi connectivity index (χ0) is 15.8. The first kappa shape index (κ1) is 14.8. The lowest BCUT2D eigenvalue weighted by molar-refractivity contribution is -0.143. The van der Waals surface area contributed by atoms with Gasteiger partial charge in [0.15, 0.2) is 5.69 Å². The summed E-state index contributed by atoms with van der Waals surface area (Å²) in [4.78, 5) is 12.6. The number of halogens is 3. The van der Waals surface area contributed by atoms with Gasteiger partial charge in [-0.15, -0.1) is 5.10 Å². The van der Waals surface area contributed by atoms with Gasteiger partial charge in [-0.2, -0.15) is 13.2 Å². The van der Waals surface area contributed by atoms with Crippen molar-refractivity contribution in [2.75, 3.05) is 19.0 Å². The van der Waals surface area contributed by atoms with Crippen molar-refractivity contribution in [3.05, 3.63) is 35.7 Å². The first-order chi connectivity index (χ1) is 9.71. The van der Waals surface area contributed by atoms with Crippen molar-refractivity contribution in [2.24, 2.45) is 0 Å². The molecule has 0 radical (unpaired) electrons. The lowest BCUT2D eigenvalue weighted by Gasteiger charge is -2.14. The van der Waals surface area contributed by atoms with Crippen LogP contribution in [0.4, 0.5) is 18.9 Å². The smallest absolute Gasteiger partial charge is 0.436 e. The number of hydrogen-bond acceptors (Lipinski definition) is 4. The van der Waals surface area contributed by atoms with Gasteiger partial charge in [0.05, 0.1) is 5.69 Å². The first-order valence-corrected chi connectivity index (χ1v) is 5.75. The fourth-order valence-electron chi connectivity index (χ4n) is 1.75. The summed E-state index contributed by atoms with van der Waals surface area (Å²) in [6, 6.07) is 6.00. The van der Waals surface area contributed by atoms with Gasteiger partial charge < -0.3 is 10.0 Å². The molecule has 1 N–H and O–H groups in total. The maximum atomic E-state index is 13.0. The van der Waals surface area contributed by atoms with E-state index < -0.39 is 23.5 Å². The average Bonchev–Trinajstić information content (AvgIpc) is 2.83. The van der Waals surface area contributed by atoms with Gasteiger partial charge >= 0.3 is 12.1 Å². The standard InChI is InChI=1S/C12H11F3N4O2/c1-18(2)7-3-5-8(6-4-7)19-10(12(13,14)15)9(11(20)21)16-17-19/h3-6H,1-2H3,(H,20,21). The highest BCUT2D eigenvalue weighted by molar-refractivity contribution is 5.86. The highest BCUT2D eigenvalue weighted by Gasteiger charge is 2.42. The molecule has 6 nitrogen and oxygen atoms in total. The van der Waals surface area contributed by atoms with Crippen molar-refractivity contribution in [2.45, 2.75) is 6.18 Å². The molecule has 0 aliphatic rings. The van der Waals surface area contributed by atoms with E-state index in [2.05, 4.69) is 10.3 Å². The van der Waals surface area contributed by atoms with Crippen LogP contribution in [0, 0.1) is 0 Å². The summed E-state index contributed by atoms with van der Waals surface area (Å²) in [5, 5.41) is 15.2. The van der Waals surface area contributed by atoms with E-state index in [1.54, 1.807) is 31.1 Å². The van der Waals surface area contributed by atoms with Gasteiger partial charge in [-0.25, -0.2) is 9.48 Å². The molecule has 0 atom stereocenters. The van der Waals surface area contributed by atoms with Crippen molar-refractivity contribution in [1.82, 2.24) is 15.0 Å². The van der Waals surface area contributed by atoms with E-state index in [-0.39, 0.29) is 5.69 Å². The van der Waals surface area contributed by atoms with Crippen LogP contribution in [0.15, 0.2) is 24.3 Å². The number of rotatable bonds is 3. The largest absolute Gasteiger partial charge is 0.476 e. The number of carboxylic acids is 1. The fourth-order valence-corrected chi connectivity index (χ4v) is 1.75. The number of alkyl halides is 3. The monoisotopic (exact) mass is 300 g/mol. The molecular formula is C12H11F3N4O2. The normalized spacial score (nSPS) is 11.5. The van der Waals surface area contributed by atoms with Gasteiger partial charge in [0, 0.05) is 19.8 Å². The van der Waals surface area contributed by atoms with E-state index in [1.165, 1.54) is 12.1 Å². The van der Waals surface area contributed by atoms with E-state index in [4.69, 9.17) is 5.11 Å². The van der Waals surface area contributed by atoms with Crippen LogP contribution >= 0.6 is 0 Å². The molecule has 0 fully saturated rings. The lowest BCUT2D eigenvalue weighted by Crippen LogP contribution is -2.17. The highest BCUT2D eigenvalue weighted by atomic mass is 19.4. The van der Waals surface area contributed by atoms with Crippen LogP contribution in [0.3, 0.4) is 0 Å². The minimum atomic E-state index is -4.88. The van der Waals surface area contributed by atoms with Crippen molar-refractivity contribution in [3.8, 4) is 5.69 Å². The number of anilines is 1. The van der Waals surface area contributed by atoms with Gasteiger partial charge in [-0.3, -0.25) is 0 Å². The molecule has 2 rings (SSSR count). The highest BCUT2D eigenvalue weighted by Crippen LogP contribution is 2.32. The number of carbonyl (C=O) groups is 1. The van der Waals surface area contributed by atoms with Crippen molar-refractivity contribution >= 4 is 11.7 Å². The molecule has 0 bridgehead atoms. The minimum Gasteiger partial charge on any atom is -0.476 e. The second-order valence-corrected chi connectivity index (χ2v) is 4.41. The number of aromatic nitrogens is 3. The Labute approximate surface area is 117 Å². The lowest BCUT2D eigenvalue weighted by atomic mass is 10.2. The summed E-state index contributed by atoms with van der Waals surface area (Å²) in [7, 11) is 3.57. The van der Waals surface area contributed by atoms with Crippen LogP contribution in [-0.4, -0.2) is 40.2 Å². The molecular weight excluding hydrogens is 289 g/mol. The molecule has 0 saturated heterocycles. The van der Waals surface area contributed by atoms with Crippen LogP contribution in [0.1, 0.15) is 16.2 Å².